The zero-order chi connectivity index (χ0) is 17.6. The van der Waals surface area contributed by atoms with Crippen LogP contribution in [0.3, 0.4) is 0 Å². The Bertz CT molecular complexity index is 732. The monoisotopic (exact) mass is 339 g/mol. The van der Waals surface area contributed by atoms with Crippen LogP contribution in [0.15, 0.2) is 48.5 Å². The van der Waals surface area contributed by atoms with E-state index in [1.165, 1.54) is 0 Å². The molecule has 0 radical (unpaired) electrons. The maximum absolute atomic E-state index is 12.6. The lowest BCUT2D eigenvalue weighted by molar-refractivity contribution is -0.118. The molecule has 2 aromatic rings. The van der Waals surface area contributed by atoms with Gasteiger partial charge in [0.2, 0.25) is 5.91 Å². The molecule has 1 unspecified atom stereocenters. The molecule has 2 aromatic carbocycles. The first-order chi connectivity index (χ1) is 12.2. The topological polar surface area (TPSA) is 53.6 Å². The van der Waals surface area contributed by atoms with Crippen molar-refractivity contribution in [3.63, 3.8) is 0 Å². The van der Waals surface area contributed by atoms with E-state index in [0.717, 1.165) is 42.2 Å². The van der Waals surface area contributed by atoms with E-state index in [9.17, 15) is 4.79 Å². The molecule has 0 saturated carbocycles. The van der Waals surface area contributed by atoms with Crippen molar-refractivity contribution in [2.75, 3.05) is 38.6 Å². The number of hydrogen-bond donors (Lipinski definition) is 2. The SMILES string of the molecule is COc1ccccc1C1CNCCN1CC(=O)Nc1ccccc1C. The largest absolute Gasteiger partial charge is 0.496 e. The number of rotatable bonds is 5. The summed E-state index contributed by atoms with van der Waals surface area (Å²) in [6.45, 7) is 4.86. The van der Waals surface area contributed by atoms with Crippen LogP contribution in [0.4, 0.5) is 5.69 Å². The summed E-state index contributed by atoms with van der Waals surface area (Å²) in [6.07, 6.45) is 0. The van der Waals surface area contributed by atoms with Crippen LogP contribution in [0.5, 0.6) is 5.75 Å². The summed E-state index contributed by atoms with van der Waals surface area (Å²) in [5.74, 6) is 0.872. The van der Waals surface area contributed by atoms with Gasteiger partial charge in [-0.1, -0.05) is 36.4 Å². The lowest BCUT2D eigenvalue weighted by Crippen LogP contribution is -2.48. The summed E-state index contributed by atoms with van der Waals surface area (Å²) in [5.41, 5.74) is 3.05. The number of methoxy groups -OCH3 is 1. The van der Waals surface area contributed by atoms with Crippen molar-refractivity contribution < 1.29 is 9.53 Å². The van der Waals surface area contributed by atoms with Gasteiger partial charge in [0, 0.05) is 30.9 Å². The molecule has 3 rings (SSSR count). The van der Waals surface area contributed by atoms with E-state index < -0.39 is 0 Å². The molecule has 25 heavy (non-hydrogen) atoms. The van der Waals surface area contributed by atoms with E-state index in [-0.39, 0.29) is 11.9 Å². The number of carbonyl (C=O) groups excluding carboxylic acids is 1. The Morgan fingerprint density at radius 2 is 2.00 bits per heavy atom. The average molecular weight is 339 g/mol. The first-order valence-corrected chi connectivity index (χ1v) is 8.62. The Kier molecular flexibility index (Phi) is 5.68. The van der Waals surface area contributed by atoms with Gasteiger partial charge in [-0.05, 0) is 24.6 Å². The van der Waals surface area contributed by atoms with Crippen LogP contribution in [0.25, 0.3) is 0 Å². The third-order valence-corrected chi connectivity index (χ3v) is 4.62. The normalized spacial score (nSPS) is 17.9. The fraction of sp³-hybridized carbons (Fsp3) is 0.350. The Morgan fingerprint density at radius 1 is 1.24 bits per heavy atom. The number of amides is 1. The van der Waals surface area contributed by atoms with Gasteiger partial charge >= 0.3 is 0 Å². The molecule has 1 heterocycles. The first-order valence-electron chi connectivity index (χ1n) is 8.62. The molecule has 5 heteroatoms. The van der Waals surface area contributed by atoms with Crippen molar-refractivity contribution in [3.05, 3.63) is 59.7 Å². The predicted molar refractivity (Wildman–Crippen MR) is 100.0 cm³/mol. The third-order valence-electron chi connectivity index (χ3n) is 4.62. The second-order valence-corrected chi connectivity index (χ2v) is 6.30. The quantitative estimate of drug-likeness (QED) is 0.879. The molecule has 2 N–H and O–H groups in total. The van der Waals surface area contributed by atoms with Gasteiger partial charge in [-0.15, -0.1) is 0 Å². The standard InChI is InChI=1S/C20H25N3O2/c1-15-7-3-5-9-17(15)22-20(24)14-23-12-11-21-13-18(23)16-8-4-6-10-19(16)25-2/h3-10,18,21H,11-14H2,1-2H3,(H,22,24). The minimum atomic E-state index is 0.0103. The van der Waals surface area contributed by atoms with E-state index in [2.05, 4.69) is 21.6 Å². The number of nitrogens with zero attached hydrogens (tertiary/aromatic N) is 1. The second-order valence-electron chi connectivity index (χ2n) is 6.30. The summed E-state index contributed by atoms with van der Waals surface area (Å²) >= 11 is 0. The molecule has 1 aliphatic rings. The second kappa shape index (κ2) is 8.14. The number of nitrogens with one attached hydrogen (secondary N) is 2. The van der Waals surface area contributed by atoms with Gasteiger partial charge in [-0.3, -0.25) is 9.69 Å². The molecule has 1 fully saturated rings. The van der Waals surface area contributed by atoms with Crippen molar-refractivity contribution in [1.82, 2.24) is 10.2 Å². The Hall–Kier alpha value is -2.37. The van der Waals surface area contributed by atoms with Crippen molar-refractivity contribution in [2.45, 2.75) is 13.0 Å². The lowest BCUT2D eigenvalue weighted by Gasteiger charge is -2.36. The number of ether oxygens (including phenoxy) is 1. The Balaban J connectivity index is 1.73. The van der Waals surface area contributed by atoms with E-state index in [1.807, 2.05) is 49.4 Å². The smallest absolute Gasteiger partial charge is 0.238 e. The molecule has 0 aliphatic carbocycles. The maximum atomic E-state index is 12.6. The van der Waals surface area contributed by atoms with Gasteiger partial charge in [-0.2, -0.15) is 0 Å². The molecule has 0 spiro atoms. The highest BCUT2D eigenvalue weighted by Crippen LogP contribution is 2.30. The van der Waals surface area contributed by atoms with Crippen LogP contribution >= 0.6 is 0 Å². The highest BCUT2D eigenvalue weighted by molar-refractivity contribution is 5.93. The number of hydrogen-bond acceptors (Lipinski definition) is 4. The summed E-state index contributed by atoms with van der Waals surface area (Å²) in [6, 6.07) is 16.0. The number of carbonyl (C=O) groups is 1. The van der Waals surface area contributed by atoms with Crippen molar-refractivity contribution in [1.29, 1.82) is 0 Å². The average Bonchev–Trinajstić information content (AvgIpc) is 2.64. The number of aryl methyl sites for hydroxylation is 1. The molecule has 1 atom stereocenters. The molecule has 1 amide bonds. The fourth-order valence-electron chi connectivity index (χ4n) is 3.27. The zero-order valence-corrected chi connectivity index (χ0v) is 14.8. The van der Waals surface area contributed by atoms with E-state index >= 15 is 0 Å². The van der Waals surface area contributed by atoms with Crippen LogP contribution < -0.4 is 15.4 Å². The number of piperazine rings is 1. The number of benzene rings is 2. The molecular weight excluding hydrogens is 314 g/mol. The summed E-state index contributed by atoms with van der Waals surface area (Å²) in [7, 11) is 1.68. The molecule has 0 bridgehead atoms. The van der Waals surface area contributed by atoms with Gasteiger partial charge in [0.1, 0.15) is 5.75 Å². The van der Waals surface area contributed by atoms with Gasteiger partial charge in [-0.25, -0.2) is 0 Å². The molecule has 0 aromatic heterocycles. The van der Waals surface area contributed by atoms with E-state index in [0.29, 0.717) is 6.54 Å². The third kappa shape index (κ3) is 4.18. The molecular formula is C20H25N3O2. The highest BCUT2D eigenvalue weighted by Gasteiger charge is 2.27. The Morgan fingerprint density at radius 3 is 2.80 bits per heavy atom. The summed E-state index contributed by atoms with van der Waals surface area (Å²) in [5, 5.41) is 6.44. The fourth-order valence-corrected chi connectivity index (χ4v) is 3.27. The van der Waals surface area contributed by atoms with Crippen LogP contribution in [0.2, 0.25) is 0 Å². The minimum absolute atomic E-state index is 0.0103. The van der Waals surface area contributed by atoms with Gasteiger partial charge in [0.15, 0.2) is 0 Å². The lowest BCUT2D eigenvalue weighted by atomic mass is 10.0. The minimum Gasteiger partial charge on any atom is -0.496 e. The van der Waals surface area contributed by atoms with Crippen LogP contribution in [-0.2, 0) is 4.79 Å². The highest BCUT2D eigenvalue weighted by atomic mass is 16.5. The van der Waals surface area contributed by atoms with E-state index in [4.69, 9.17) is 4.74 Å². The van der Waals surface area contributed by atoms with Crippen molar-refractivity contribution in [2.24, 2.45) is 0 Å². The Labute approximate surface area is 149 Å². The molecule has 1 aliphatic heterocycles. The van der Waals surface area contributed by atoms with Gasteiger partial charge in [0.05, 0.1) is 19.7 Å². The molecule has 1 saturated heterocycles. The number of anilines is 1. The first kappa shape index (κ1) is 17.5. The van der Waals surface area contributed by atoms with Gasteiger partial charge in [0.25, 0.3) is 0 Å². The van der Waals surface area contributed by atoms with Crippen LogP contribution in [0, 0.1) is 6.92 Å². The maximum Gasteiger partial charge on any atom is 0.238 e. The van der Waals surface area contributed by atoms with E-state index in [1.54, 1.807) is 7.11 Å². The molecule has 132 valence electrons. The predicted octanol–water partition coefficient (Wildman–Crippen LogP) is 2.59. The molecule has 5 nitrogen and oxygen atoms in total. The zero-order valence-electron chi connectivity index (χ0n) is 14.8. The van der Waals surface area contributed by atoms with Crippen LogP contribution in [0.1, 0.15) is 17.2 Å². The van der Waals surface area contributed by atoms with Crippen molar-refractivity contribution >= 4 is 11.6 Å². The number of para-hydroxylation sites is 2. The van der Waals surface area contributed by atoms with Crippen molar-refractivity contribution in [3.8, 4) is 5.75 Å². The van der Waals surface area contributed by atoms with Gasteiger partial charge < -0.3 is 15.4 Å². The summed E-state index contributed by atoms with van der Waals surface area (Å²) in [4.78, 5) is 14.8. The van der Waals surface area contributed by atoms with Crippen LogP contribution in [-0.4, -0.2) is 44.1 Å². The summed E-state index contributed by atoms with van der Waals surface area (Å²) < 4.78 is 5.51.